The molecule has 0 fully saturated rings. The Bertz CT molecular complexity index is 504. The van der Waals surface area contributed by atoms with Crippen LogP contribution in [0.3, 0.4) is 0 Å². The van der Waals surface area contributed by atoms with Gasteiger partial charge in [-0.2, -0.15) is 0 Å². The minimum atomic E-state index is -0.282. The monoisotopic (exact) mass is 298 g/mol. The maximum atomic E-state index is 12.7. The molecular weight excluding hydrogens is 291 g/mol. The summed E-state index contributed by atoms with van der Waals surface area (Å²) in [6.45, 7) is 0. The van der Waals surface area contributed by atoms with Gasteiger partial charge in [-0.3, -0.25) is 4.79 Å². The van der Waals surface area contributed by atoms with Crippen LogP contribution in [0.4, 0.5) is 4.39 Å². The van der Waals surface area contributed by atoms with Crippen molar-refractivity contribution in [1.29, 1.82) is 0 Å². The van der Waals surface area contributed by atoms with Crippen molar-refractivity contribution in [3.05, 3.63) is 56.4 Å². The molecule has 0 unspecified atom stereocenters. The van der Waals surface area contributed by atoms with E-state index in [1.54, 1.807) is 18.2 Å². The van der Waals surface area contributed by atoms with E-state index in [0.717, 1.165) is 14.2 Å². The summed E-state index contributed by atoms with van der Waals surface area (Å²) in [6.07, 6.45) is 0.313. The number of carbonyl (C=O) groups is 1. The van der Waals surface area contributed by atoms with Crippen LogP contribution >= 0.6 is 27.3 Å². The van der Waals surface area contributed by atoms with Crippen molar-refractivity contribution >= 4 is 33.0 Å². The highest BCUT2D eigenvalue weighted by molar-refractivity contribution is 9.11. The third kappa shape index (κ3) is 2.77. The highest BCUT2D eigenvalue weighted by atomic mass is 79.9. The van der Waals surface area contributed by atoms with Gasteiger partial charge in [0.2, 0.25) is 0 Å². The Morgan fingerprint density at radius 2 is 1.88 bits per heavy atom. The molecule has 2 rings (SSSR count). The molecule has 2 aromatic rings. The van der Waals surface area contributed by atoms with Gasteiger partial charge in [-0.1, -0.05) is 12.1 Å². The van der Waals surface area contributed by atoms with E-state index in [1.807, 2.05) is 6.07 Å². The molecule has 0 amide bonds. The topological polar surface area (TPSA) is 17.1 Å². The molecule has 1 nitrogen and oxygen atoms in total. The van der Waals surface area contributed by atoms with Crippen LogP contribution in [0.5, 0.6) is 0 Å². The van der Waals surface area contributed by atoms with E-state index in [2.05, 4.69) is 15.9 Å². The third-order valence-electron chi connectivity index (χ3n) is 2.13. The molecule has 0 atom stereocenters. The fourth-order valence-corrected chi connectivity index (χ4v) is 2.66. The summed E-state index contributed by atoms with van der Waals surface area (Å²) < 4.78 is 13.6. The average molecular weight is 299 g/mol. The number of hydrogen-bond donors (Lipinski definition) is 0. The van der Waals surface area contributed by atoms with E-state index >= 15 is 0 Å². The fraction of sp³-hybridized carbons (Fsp3) is 0.0833. The molecule has 0 bridgehead atoms. The number of carbonyl (C=O) groups excluding carboxylic acids is 1. The van der Waals surface area contributed by atoms with Crippen LogP contribution in [0.1, 0.15) is 15.2 Å². The largest absolute Gasteiger partial charge is 0.293 e. The minimum absolute atomic E-state index is 0.0577. The van der Waals surface area contributed by atoms with Gasteiger partial charge < -0.3 is 0 Å². The van der Waals surface area contributed by atoms with E-state index in [4.69, 9.17) is 0 Å². The second-order valence-electron chi connectivity index (χ2n) is 3.33. The first-order valence-corrected chi connectivity index (χ1v) is 6.29. The maximum absolute atomic E-state index is 12.7. The van der Waals surface area contributed by atoms with E-state index in [1.165, 1.54) is 23.5 Å². The second kappa shape index (κ2) is 4.89. The SMILES string of the molecule is O=C(Cc1ccc(F)cc1)c1ccc(Br)s1. The van der Waals surface area contributed by atoms with Crippen molar-refractivity contribution in [2.24, 2.45) is 0 Å². The standard InChI is InChI=1S/C12H8BrFOS/c13-12-6-5-11(16-12)10(15)7-8-1-3-9(14)4-2-8/h1-6H,7H2. The molecule has 0 saturated heterocycles. The average Bonchev–Trinajstić information content (AvgIpc) is 2.68. The van der Waals surface area contributed by atoms with Crippen molar-refractivity contribution in [2.75, 3.05) is 0 Å². The summed E-state index contributed by atoms with van der Waals surface area (Å²) in [5.41, 5.74) is 0.830. The van der Waals surface area contributed by atoms with E-state index in [0.29, 0.717) is 6.42 Å². The predicted octanol–water partition coefficient (Wildman–Crippen LogP) is 4.08. The first-order chi connectivity index (χ1) is 7.65. The number of ketones is 1. The Labute approximate surface area is 105 Å². The zero-order chi connectivity index (χ0) is 11.5. The van der Waals surface area contributed by atoms with Gasteiger partial charge in [0, 0.05) is 6.42 Å². The Kier molecular flexibility index (Phi) is 3.51. The van der Waals surface area contributed by atoms with Gasteiger partial charge in [-0.15, -0.1) is 11.3 Å². The van der Waals surface area contributed by atoms with Gasteiger partial charge in [0.25, 0.3) is 0 Å². The fourth-order valence-electron chi connectivity index (χ4n) is 1.34. The molecule has 16 heavy (non-hydrogen) atoms. The molecule has 0 aliphatic rings. The lowest BCUT2D eigenvalue weighted by atomic mass is 10.1. The summed E-state index contributed by atoms with van der Waals surface area (Å²) in [4.78, 5) is 12.5. The van der Waals surface area contributed by atoms with Crippen molar-refractivity contribution in [3.8, 4) is 0 Å². The minimum Gasteiger partial charge on any atom is -0.293 e. The lowest BCUT2D eigenvalue weighted by Crippen LogP contribution is -2.00. The van der Waals surface area contributed by atoms with Crippen LogP contribution in [-0.4, -0.2) is 5.78 Å². The first-order valence-electron chi connectivity index (χ1n) is 4.68. The van der Waals surface area contributed by atoms with Gasteiger partial charge in [-0.05, 0) is 45.8 Å². The van der Waals surface area contributed by atoms with Gasteiger partial charge in [0.05, 0.1) is 8.66 Å². The third-order valence-corrected chi connectivity index (χ3v) is 3.79. The smallest absolute Gasteiger partial charge is 0.177 e. The Morgan fingerprint density at radius 1 is 1.19 bits per heavy atom. The number of rotatable bonds is 3. The molecule has 1 heterocycles. The normalized spacial score (nSPS) is 10.4. The van der Waals surface area contributed by atoms with Crippen LogP contribution in [0, 0.1) is 5.82 Å². The summed E-state index contributed by atoms with van der Waals surface area (Å²) in [5, 5.41) is 0. The van der Waals surface area contributed by atoms with Crippen molar-refractivity contribution < 1.29 is 9.18 Å². The number of halogens is 2. The van der Waals surface area contributed by atoms with Gasteiger partial charge >= 0.3 is 0 Å². The summed E-state index contributed by atoms with van der Waals surface area (Å²) in [6, 6.07) is 9.65. The molecule has 4 heteroatoms. The summed E-state index contributed by atoms with van der Waals surface area (Å²) in [5.74, 6) is -0.225. The maximum Gasteiger partial charge on any atom is 0.177 e. The zero-order valence-corrected chi connectivity index (χ0v) is 10.6. The Morgan fingerprint density at radius 3 is 2.44 bits per heavy atom. The number of benzene rings is 1. The highest BCUT2D eigenvalue weighted by Crippen LogP contribution is 2.23. The molecule has 0 radical (unpaired) electrons. The van der Waals surface area contributed by atoms with Crippen molar-refractivity contribution in [3.63, 3.8) is 0 Å². The lowest BCUT2D eigenvalue weighted by molar-refractivity contribution is 0.0997. The van der Waals surface area contributed by atoms with Crippen molar-refractivity contribution in [2.45, 2.75) is 6.42 Å². The highest BCUT2D eigenvalue weighted by Gasteiger charge is 2.09. The van der Waals surface area contributed by atoms with E-state index in [9.17, 15) is 9.18 Å². The van der Waals surface area contributed by atoms with Crippen LogP contribution in [0.2, 0.25) is 0 Å². The molecule has 0 spiro atoms. The molecule has 1 aromatic carbocycles. The molecular formula is C12H8BrFOS. The summed E-state index contributed by atoms with van der Waals surface area (Å²) in [7, 11) is 0. The summed E-state index contributed by atoms with van der Waals surface area (Å²) >= 11 is 4.72. The molecule has 82 valence electrons. The second-order valence-corrected chi connectivity index (χ2v) is 5.79. The predicted molar refractivity (Wildman–Crippen MR) is 66.5 cm³/mol. The van der Waals surface area contributed by atoms with Gasteiger partial charge in [0.15, 0.2) is 5.78 Å². The van der Waals surface area contributed by atoms with E-state index < -0.39 is 0 Å². The molecule has 0 N–H and O–H groups in total. The van der Waals surface area contributed by atoms with Crippen LogP contribution < -0.4 is 0 Å². The number of Topliss-reactive ketones (excluding diaryl/α,β-unsaturated/α-hetero) is 1. The van der Waals surface area contributed by atoms with Crippen LogP contribution in [0.25, 0.3) is 0 Å². The number of hydrogen-bond acceptors (Lipinski definition) is 2. The lowest BCUT2D eigenvalue weighted by Gasteiger charge is -1.98. The quantitative estimate of drug-likeness (QED) is 0.781. The first kappa shape index (κ1) is 11.5. The molecule has 1 aromatic heterocycles. The van der Waals surface area contributed by atoms with Crippen LogP contribution in [0.15, 0.2) is 40.2 Å². The Hall–Kier alpha value is -1.000. The van der Waals surface area contributed by atoms with Gasteiger partial charge in [-0.25, -0.2) is 4.39 Å². The van der Waals surface area contributed by atoms with Crippen LogP contribution in [-0.2, 0) is 6.42 Å². The van der Waals surface area contributed by atoms with Gasteiger partial charge in [0.1, 0.15) is 5.82 Å². The van der Waals surface area contributed by atoms with E-state index in [-0.39, 0.29) is 11.6 Å². The molecule has 0 aliphatic carbocycles. The Balaban J connectivity index is 2.10. The van der Waals surface area contributed by atoms with Crippen molar-refractivity contribution in [1.82, 2.24) is 0 Å². The molecule has 0 aliphatic heterocycles. The molecule has 0 saturated carbocycles. The number of thiophene rings is 1. The zero-order valence-electron chi connectivity index (χ0n) is 8.24.